The van der Waals surface area contributed by atoms with Gasteiger partial charge in [0.1, 0.15) is 11.6 Å². The molecule has 0 saturated heterocycles. The number of aromatic nitrogens is 1. The van der Waals surface area contributed by atoms with E-state index in [0.29, 0.717) is 17.4 Å². The number of nitrogens with one attached hydrogen (secondary N) is 1. The molecule has 2 aliphatic rings. The molecule has 40 heavy (non-hydrogen) atoms. The maximum atomic E-state index is 13.4. The molecule has 1 atom stereocenters. The van der Waals surface area contributed by atoms with Gasteiger partial charge in [-0.05, 0) is 55.9 Å². The first-order valence-electron chi connectivity index (χ1n) is 14.1. The summed E-state index contributed by atoms with van der Waals surface area (Å²) in [5.41, 5.74) is 2.14. The Balaban J connectivity index is 0.000000215. The summed E-state index contributed by atoms with van der Waals surface area (Å²) in [4.78, 5) is 28.5. The molecule has 1 amide bonds. The van der Waals surface area contributed by atoms with Crippen LogP contribution in [0, 0.1) is 24.5 Å². The minimum Gasteiger partial charge on any atom is -0.441 e. The van der Waals surface area contributed by atoms with Gasteiger partial charge in [-0.2, -0.15) is 0 Å². The van der Waals surface area contributed by atoms with Crippen molar-refractivity contribution in [3.8, 4) is 11.3 Å². The van der Waals surface area contributed by atoms with Crippen LogP contribution in [0.1, 0.15) is 106 Å². The first-order valence-corrected chi connectivity index (χ1v) is 14.1. The van der Waals surface area contributed by atoms with Gasteiger partial charge in [0.2, 0.25) is 5.91 Å². The van der Waals surface area contributed by atoms with Crippen LogP contribution in [0.3, 0.4) is 0 Å². The minimum atomic E-state index is -0.533. The molecule has 0 spiro atoms. The van der Waals surface area contributed by atoms with Crippen molar-refractivity contribution < 1.29 is 22.8 Å². The van der Waals surface area contributed by atoms with Crippen molar-refractivity contribution in [3.05, 3.63) is 77.3 Å². The van der Waals surface area contributed by atoms with E-state index in [1.807, 2.05) is 13.0 Å². The lowest BCUT2D eigenvalue weighted by molar-refractivity contribution is -0.119. The number of amides is 1. The molecule has 1 aromatic heterocycles. The zero-order valence-electron chi connectivity index (χ0n) is 22.8. The SMILES string of the molecule is C.CC(=O)NC(C(=O)c1cccc(F)c1)C1CCCCC1.Cc1nc(C2CCCCC2)c(-c2cccc(F)c2)o1. The lowest BCUT2D eigenvalue weighted by Gasteiger charge is -2.29. The van der Waals surface area contributed by atoms with Crippen molar-refractivity contribution in [2.75, 3.05) is 0 Å². The lowest BCUT2D eigenvalue weighted by atomic mass is 9.81. The van der Waals surface area contributed by atoms with Crippen LogP contribution in [0.2, 0.25) is 0 Å². The third-order valence-electron chi connectivity index (χ3n) is 7.71. The Labute approximate surface area is 236 Å². The van der Waals surface area contributed by atoms with E-state index >= 15 is 0 Å². The molecule has 2 saturated carbocycles. The first kappa shape index (κ1) is 31.2. The molecule has 2 aliphatic carbocycles. The second kappa shape index (κ2) is 14.9. The Morgan fingerprint density at radius 1 is 0.900 bits per heavy atom. The van der Waals surface area contributed by atoms with Crippen LogP contribution < -0.4 is 5.32 Å². The van der Waals surface area contributed by atoms with E-state index in [2.05, 4.69) is 10.3 Å². The summed E-state index contributed by atoms with van der Waals surface area (Å²) in [7, 11) is 0. The molecular formula is C33H42F2N2O3. The summed E-state index contributed by atoms with van der Waals surface area (Å²) in [5.74, 6) is 0.968. The number of carbonyl (C=O) groups is 2. The molecule has 0 bridgehead atoms. The van der Waals surface area contributed by atoms with Crippen LogP contribution in [0.5, 0.6) is 0 Å². The third kappa shape index (κ3) is 8.33. The molecule has 1 N–H and O–H groups in total. The van der Waals surface area contributed by atoms with Gasteiger partial charge < -0.3 is 9.73 Å². The van der Waals surface area contributed by atoms with E-state index in [4.69, 9.17) is 4.42 Å². The van der Waals surface area contributed by atoms with E-state index in [9.17, 15) is 18.4 Å². The zero-order chi connectivity index (χ0) is 27.8. The number of nitrogens with zero attached hydrogens (tertiary/aromatic N) is 1. The third-order valence-corrected chi connectivity index (χ3v) is 7.71. The van der Waals surface area contributed by atoms with Gasteiger partial charge in [0.25, 0.3) is 0 Å². The van der Waals surface area contributed by atoms with Crippen molar-refractivity contribution in [1.29, 1.82) is 0 Å². The Hall–Kier alpha value is -3.35. The van der Waals surface area contributed by atoms with Crippen molar-refractivity contribution in [1.82, 2.24) is 10.3 Å². The summed E-state index contributed by atoms with van der Waals surface area (Å²) >= 11 is 0. The Morgan fingerprint density at radius 3 is 2.10 bits per heavy atom. The minimum absolute atomic E-state index is 0. The van der Waals surface area contributed by atoms with E-state index in [-0.39, 0.29) is 30.9 Å². The maximum absolute atomic E-state index is 13.4. The topological polar surface area (TPSA) is 72.2 Å². The van der Waals surface area contributed by atoms with Crippen LogP contribution in [0.15, 0.2) is 52.9 Å². The van der Waals surface area contributed by atoms with E-state index in [0.717, 1.165) is 55.5 Å². The highest BCUT2D eigenvalue weighted by molar-refractivity contribution is 6.02. The number of hydrogen-bond donors (Lipinski definition) is 1. The average molecular weight is 553 g/mol. The number of Topliss-reactive ketones (excluding diaryl/α,β-unsaturated/α-hetero) is 1. The largest absolute Gasteiger partial charge is 0.441 e. The number of rotatable bonds is 6. The van der Waals surface area contributed by atoms with Crippen LogP contribution in [-0.4, -0.2) is 22.7 Å². The Bertz CT molecular complexity index is 1260. The average Bonchev–Trinajstić information content (AvgIpc) is 3.34. The first-order chi connectivity index (χ1) is 18.8. The van der Waals surface area contributed by atoms with Gasteiger partial charge in [-0.15, -0.1) is 0 Å². The number of ketones is 1. The van der Waals surface area contributed by atoms with Crippen molar-refractivity contribution >= 4 is 11.7 Å². The fraction of sp³-hybridized carbons (Fsp3) is 0.485. The molecule has 0 aliphatic heterocycles. The van der Waals surface area contributed by atoms with Crippen LogP contribution in [-0.2, 0) is 4.79 Å². The normalized spacial score (nSPS) is 16.7. The second-order valence-electron chi connectivity index (χ2n) is 10.7. The molecule has 0 radical (unpaired) electrons. The summed E-state index contributed by atoms with van der Waals surface area (Å²) in [6, 6.07) is 11.7. The standard InChI is InChI=1S/C16H20FNO2.C16H18FNO.CH4/c1-11(19)18-15(12-6-3-2-4-7-12)16(20)13-8-5-9-14(17)10-13;1-11-18-15(12-6-3-2-4-7-12)16(19-11)13-8-5-9-14(17)10-13;/h5,8-10,12,15H,2-4,6-7H2,1H3,(H,18,19);5,8-10,12H,2-4,6-7H2,1H3;1H4. The predicted octanol–water partition coefficient (Wildman–Crippen LogP) is 8.57. The number of benzene rings is 2. The fourth-order valence-corrected chi connectivity index (χ4v) is 5.84. The van der Waals surface area contributed by atoms with Gasteiger partial charge in [0, 0.05) is 30.9 Å². The van der Waals surface area contributed by atoms with Gasteiger partial charge in [-0.1, -0.05) is 70.2 Å². The van der Waals surface area contributed by atoms with Gasteiger partial charge in [0.15, 0.2) is 17.4 Å². The van der Waals surface area contributed by atoms with Gasteiger partial charge in [-0.25, -0.2) is 13.8 Å². The molecule has 3 aromatic rings. The smallest absolute Gasteiger partial charge is 0.217 e. The Morgan fingerprint density at radius 2 is 1.50 bits per heavy atom. The summed E-state index contributed by atoms with van der Waals surface area (Å²) in [5, 5.41) is 2.76. The van der Waals surface area contributed by atoms with E-state index < -0.39 is 11.9 Å². The number of hydrogen-bond acceptors (Lipinski definition) is 4. The second-order valence-corrected chi connectivity index (χ2v) is 10.7. The van der Waals surface area contributed by atoms with Crippen LogP contribution >= 0.6 is 0 Å². The van der Waals surface area contributed by atoms with Crippen LogP contribution in [0.4, 0.5) is 8.78 Å². The highest BCUT2D eigenvalue weighted by Gasteiger charge is 2.31. The fourth-order valence-electron chi connectivity index (χ4n) is 5.84. The maximum Gasteiger partial charge on any atom is 0.217 e. The highest BCUT2D eigenvalue weighted by Crippen LogP contribution is 2.38. The quantitative estimate of drug-likeness (QED) is 0.311. The predicted molar refractivity (Wildman–Crippen MR) is 154 cm³/mol. The molecule has 216 valence electrons. The van der Waals surface area contributed by atoms with Gasteiger partial charge in [0.05, 0.1) is 11.7 Å². The van der Waals surface area contributed by atoms with Gasteiger partial charge in [-0.3, -0.25) is 9.59 Å². The molecule has 1 heterocycles. The summed E-state index contributed by atoms with van der Waals surface area (Å²) in [6.07, 6.45) is 11.3. The van der Waals surface area contributed by atoms with Gasteiger partial charge >= 0.3 is 0 Å². The number of carbonyl (C=O) groups excluding carboxylic acids is 2. The summed E-state index contributed by atoms with van der Waals surface area (Å²) in [6.45, 7) is 3.27. The molecule has 2 aromatic carbocycles. The van der Waals surface area contributed by atoms with Crippen molar-refractivity contribution in [2.24, 2.45) is 5.92 Å². The van der Waals surface area contributed by atoms with E-state index in [1.54, 1.807) is 12.1 Å². The van der Waals surface area contributed by atoms with E-state index in [1.165, 1.54) is 62.9 Å². The molecule has 5 rings (SSSR count). The summed E-state index contributed by atoms with van der Waals surface area (Å²) < 4.78 is 32.4. The number of aryl methyl sites for hydroxylation is 1. The van der Waals surface area contributed by atoms with Crippen LogP contribution in [0.25, 0.3) is 11.3 Å². The molecule has 7 heteroatoms. The number of halogens is 2. The number of oxazole rings is 1. The monoisotopic (exact) mass is 552 g/mol. The highest BCUT2D eigenvalue weighted by atomic mass is 19.1. The van der Waals surface area contributed by atoms with Crippen molar-refractivity contribution in [2.45, 2.75) is 97.4 Å². The van der Waals surface area contributed by atoms with Crippen molar-refractivity contribution in [3.63, 3.8) is 0 Å². The molecular weight excluding hydrogens is 510 g/mol. The Kier molecular flexibility index (Phi) is 11.6. The lowest BCUT2D eigenvalue weighted by Crippen LogP contribution is -2.45. The molecule has 5 nitrogen and oxygen atoms in total. The molecule has 2 fully saturated rings. The zero-order valence-corrected chi connectivity index (χ0v) is 22.8. The molecule has 1 unspecified atom stereocenters.